The fourth-order valence-electron chi connectivity index (χ4n) is 3.04. The molecule has 7 heteroatoms. The van der Waals surface area contributed by atoms with Crippen LogP contribution in [0.25, 0.3) is 17.0 Å². The Bertz CT molecular complexity index is 1120. The van der Waals surface area contributed by atoms with Gasteiger partial charge in [-0.1, -0.05) is 18.2 Å². The quantitative estimate of drug-likeness (QED) is 0.460. The Labute approximate surface area is 176 Å². The number of hydrogen-bond donors (Lipinski definition) is 1. The summed E-state index contributed by atoms with van der Waals surface area (Å²) >= 11 is 3.47. The molecule has 0 fully saturated rings. The van der Waals surface area contributed by atoms with Crippen molar-refractivity contribution in [1.82, 2.24) is 14.4 Å². The molecule has 0 radical (unpaired) electrons. The second-order valence-electron chi connectivity index (χ2n) is 6.55. The number of nitrogens with zero attached hydrogens (tertiary/aromatic N) is 3. The van der Waals surface area contributed by atoms with E-state index in [1.807, 2.05) is 65.3 Å². The highest BCUT2D eigenvalue weighted by molar-refractivity contribution is 9.10. The molecule has 2 aromatic heterocycles. The highest BCUT2D eigenvalue weighted by Crippen LogP contribution is 2.26. The normalized spacial score (nSPS) is 10.8. The van der Waals surface area contributed by atoms with Crippen molar-refractivity contribution >= 4 is 33.3 Å². The number of hydrogen-bond acceptors (Lipinski definition) is 4. The standard InChI is InChI=1S/C22H19BrN4O2/c1-29-20-9-3-15(13-18(20)23)4-10-21(28)25-17-7-5-16(6-8-17)19-14-27-12-2-11-24-22(27)26-19/h2-3,5-9,11-14H,4,10H2,1H3,(H,25,28). The van der Waals surface area contributed by atoms with Gasteiger partial charge in [-0.25, -0.2) is 9.97 Å². The Balaban J connectivity index is 1.37. The number of aromatic nitrogens is 3. The monoisotopic (exact) mass is 450 g/mol. The largest absolute Gasteiger partial charge is 0.496 e. The molecule has 4 rings (SSSR count). The lowest BCUT2D eigenvalue weighted by Crippen LogP contribution is -2.12. The minimum absolute atomic E-state index is 0.0263. The summed E-state index contributed by atoms with van der Waals surface area (Å²) in [5, 5.41) is 2.94. The Morgan fingerprint density at radius 3 is 2.76 bits per heavy atom. The molecule has 0 spiro atoms. The van der Waals surface area contributed by atoms with E-state index in [0.717, 1.165) is 32.7 Å². The van der Waals surface area contributed by atoms with Crippen LogP contribution in [-0.4, -0.2) is 27.4 Å². The van der Waals surface area contributed by atoms with Gasteiger partial charge in [0.1, 0.15) is 5.75 Å². The number of rotatable bonds is 6. The minimum atomic E-state index is -0.0263. The van der Waals surface area contributed by atoms with E-state index in [1.165, 1.54) is 0 Å². The fourth-order valence-corrected chi connectivity index (χ4v) is 3.63. The Morgan fingerprint density at radius 1 is 1.21 bits per heavy atom. The van der Waals surface area contributed by atoms with Crippen molar-refractivity contribution in [2.24, 2.45) is 0 Å². The van der Waals surface area contributed by atoms with Gasteiger partial charge in [0.15, 0.2) is 0 Å². The molecule has 6 nitrogen and oxygen atoms in total. The van der Waals surface area contributed by atoms with Crippen molar-refractivity contribution in [3.63, 3.8) is 0 Å². The maximum Gasteiger partial charge on any atom is 0.234 e. The molecule has 0 unspecified atom stereocenters. The third-order valence-corrected chi connectivity index (χ3v) is 5.18. The first-order chi connectivity index (χ1) is 14.1. The van der Waals surface area contributed by atoms with Crippen LogP contribution in [0.15, 0.2) is 71.6 Å². The predicted molar refractivity (Wildman–Crippen MR) is 116 cm³/mol. The first kappa shape index (κ1) is 19.1. The summed E-state index contributed by atoms with van der Waals surface area (Å²) in [6, 6.07) is 15.4. The Kier molecular flexibility index (Phi) is 5.57. The van der Waals surface area contributed by atoms with Crippen LogP contribution in [0.1, 0.15) is 12.0 Å². The molecule has 0 aliphatic rings. The predicted octanol–water partition coefficient (Wildman–Crippen LogP) is 4.74. The molecule has 0 saturated heterocycles. The number of methoxy groups -OCH3 is 1. The average molecular weight is 451 g/mol. The summed E-state index contributed by atoms with van der Waals surface area (Å²) in [6.07, 6.45) is 6.62. The van der Waals surface area contributed by atoms with Gasteiger partial charge in [-0.05, 0) is 58.2 Å². The van der Waals surface area contributed by atoms with E-state index in [4.69, 9.17) is 4.74 Å². The number of imidazole rings is 1. The van der Waals surface area contributed by atoms with E-state index in [2.05, 4.69) is 31.2 Å². The lowest BCUT2D eigenvalue weighted by atomic mass is 10.1. The van der Waals surface area contributed by atoms with Crippen molar-refractivity contribution < 1.29 is 9.53 Å². The van der Waals surface area contributed by atoms with Gasteiger partial charge in [0.2, 0.25) is 11.7 Å². The van der Waals surface area contributed by atoms with Gasteiger partial charge in [0.25, 0.3) is 0 Å². The smallest absolute Gasteiger partial charge is 0.234 e. The van der Waals surface area contributed by atoms with E-state index in [9.17, 15) is 4.79 Å². The number of anilines is 1. The van der Waals surface area contributed by atoms with Gasteiger partial charge in [-0.15, -0.1) is 0 Å². The summed E-state index contributed by atoms with van der Waals surface area (Å²) in [5.41, 5.74) is 3.64. The van der Waals surface area contributed by atoms with Gasteiger partial charge in [-0.3, -0.25) is 9.20 Å². The van der Waals surface area contributed by atoms with Crippen molar-refractivity contribution in [3.8, 4) is 17.0 Å². The molecule has 4 aromatic rings. The topological polar surface area (TPSA) is 68.5 Å². The Morgan fingerprint density at radius 2 is 2.03 bits per heavy atom. The van der Waals surface area contributed by atoms with Crippen LogP contribution in [0.3, 0.4) is 0 Å². The molecular weight excluding hydrogens is 432 g/mol. The summed E-state index contributed by atoms with van der Waals surface area (Å²) in [4.78, 5) is 21.0. The molecule has 1 amide bonds. The van der Waals surface area contributed by atoms with Gasteiger partial charge >= 0.3 is 0 Å². The molecule has 0 atom stereocenters. The number of fused-ring (bicyclic) bond motifs is 1. The summed E-state index contributed by atoms with van der Waals surface area (Å²) < 4.78 is 7.99. The van der Waals surface area contributed by atoms with Gasteiger partial charge in [-0.2, -0.15) is 0 Å². The summed E-state index contributed by atoms with van der Waals surface area (Å²) in [7, 11) is 1.63. The average Bonchev–Trinajstić information content (AvgIpc) is 3.17. The summed E-state index contributed by atoms with van der Waals surface area (Å²) in [6.45, 7) is 0. The molecule has 1 N–H and O–H groups in total. The summed E-state index contributed by atoms with van der Waals surface area (Å²) in [5.74, 6) is 1.41. The minimum Gasteiger partial charge on any atom is -0.496 e. The number of aryl methyl sites for hydroxylation is 1. The van der Waals surface area contributed by atoms with Crippen LogP contribution >= 0.6 is 15.9 Å². The van der Waals surface area contributed by atoms with E-state index < -0.39 is 0 Å². The number of ether oxygens (including phenoxy) is 1. The van der Waals surface area contributed by atoms with Crippen molar-refractivity contribution in [3.05, 3.63) is 77.2 Å². The highest BCUT2D eigenvalue weighted by Gasteiger charge is 2.08. The molecule has 2 aromatic carbocycles. The third kappa shape index (κ3) is 4.46. The Hall–Kier alpha value is -3.19. The lowest BCUT2D eigenvalue weighted by molar-refractivity contribution is -0.116. The first-order valence-corrected chi connectivity index (χ1v) is 9.94. The molecule has 2 heterocycles. The lowest BCUT2D eigenvalue weighted by Gasteiger charge is -2.08. The maximum atomic E-state index is 12.3. The van der Waals surface area contributed by atoms with Crippen LogP contribution in [0.5, 0.6) is 5.75 Å². The van der Waals surface area contributed by atoms with E-state index >= 15 is 0 Å². The van der Waals surface area contributed by atoms with E-state index in [1.54, 1.807) is 13.3 Å². The number of carbonyl (C=O) groups excluding carboxylic acids is 1. The van der Waals surface area contributed by atoms with Crippen molar-refractivity contribution in [2.45, 2.75) is 12.8 Å². The number of amides is 1. The number of halogens is 1. The third-order valence-electron chi connectivity index (χ3n) is 4.56. The van der Waals surface area contributed by atoms with Crippen LogP contribution < -0.4 is 10.1 Å². The first-order valence-electron chi connectivity index (χ1n) is 9.15. The van der Waals surface area contributed by atoms with Crippen molar-refractivity contribution in [2.75, 3.05) is 12.4 Å². The maximum absolute atomic E-state index is 12.3. The second kappa shape index (κ2) is 8.45. The molecule has 0 aliphatic carbocycles. The van der Waals surface area contributed by atoms with Gasteiger partial charge in [0, 0.05) is 36.3 Å². The molecule has 29 heavy (non-hydrogen) atoms. The zero-order chi connectivity index (χ0) is 20.2. The molecule has 0 bridgehead atoms. The van der Waals surface area contributed by atoms with Crippen LogP contribution in [0.4, 0.5) is 5.69 Å². The van der Waals surface area contributed by atoms with E-state index in [-0.39, 0.29) is 5.91 Å². The molecule has 0 aliphatic heterocycles. The van der Waals surface area contributed by atoms with Crippen LogP contribution in [0.2, 0.25) is 0 Å². The van der Waals surface area contributed by atoms with Crippen molar-refractivity contribution in [1.29, 1.82) is 0 Å². The fraction of sp³-hybridized carbons (Fsp3) is 0.136. The zero-order valence-corrected chi connectivity index (χ0v) is 17.4. The second-order valence-corrected chi connectivity index (χ2v) is 7.40. The SMILES string of the molecule is COc1ccc(CCC(=O)Nc2ccc(-c3cn4cccnc4n3)cc2)cc1Br. The molecule has 0 saturated carbocycles. The van der Waals surface area contributed by atoms with Crippen LogP contribution in [-0.2, 0) is 11.2 Å². The zero-order valence-electron chi connectivity index (χ0n) is 15.8. The van der Waals surface area contributed by atoms with E-state index in [0.29, 0.717) is 18.6 Å². The van der Waals surface area contributed by atoms with Crippen LogP contribution in [0, 0.1) is 0 Å². The van der Waals surface area contributed by atoms with Gasteiger partial charge < -0.3 is 10.1 Å². The molecular formula is C22H19BrN4O2. The highest BCUT2D eigenvalue weighted by atomic mass is 79.9. The number of benzene rings is 2. The number of carbonyl (C=O) groups is 1. The number of nitrogens with one attached hydrogen (secondary N) is 1. The van der Waals surface area contributed by atoms with Gasteiger partial charge in [0.05, 0.1) is 17.3 Å². The molecule has 146 valence electrons.